The maximum Gasteiger partial charge on any atom is 1.00 e. The van der Waals surface area contributed by atoms with Crippen molar-refractivity contribution in [3.05, 3.63) is 0 Å². The van der Waals surface area contributed by atoms with E-state index in [9.17, 15) is 12.9 Å². The Morgan fingerprint density at radius 3 is 2.18 bits per heavy atom. The van der Waals surface area contributed by atoms with Crippen LogP contribution in [-0.4, -0.2) is 24.9 Å². The Bertz CT molecular complexity index is 91.9. The van der Waals surface area contributed by atoms with Gasteiger partial charge in [0.05, 0.1) is 0 Å². The Morgan fingerprint density at radius 2 is 1.82 bits per heavy atom. The Labute approximate surface area is 112 Å². The van der Waals surface area contributed by atoms with Gasteiger partial charge >= 0.3 is 58.4 Å². The summed E-state index contributed by atoms with van der Waals surface area (Å²) in [5.74, 6) is 0.512. The van der Waals surface area contributed by atoms with E-state index in [0.29, 0.717) is 18.7 Å². The van der Waals surface area contributed by atoms with Gasteiger partial charge in [-0.25, -0.2) is 0 Å². The van der Waals surface area contributed by atoms with Crippen molar-refractivity contribution in [2.75, 3.05) is 17.9 Å². The first-order valence-electron chi connectivity index (χ1n) is 3.05. The molecule has 62 valence electrons. The molecular formula is C4H10BF3KNS. The van der Waals surface area contributed by atoms with Gasteiger partial charge in [-0.3, -0.25) is 0 Å². The van der Waals surface area contributed by atoms with Crippen molar-refractivity contribution in [3.8, 4) is 0 Å². The van der Waals surface area contributed by atoms with E-state index in [0.717, 1.165) is 11.8 Å². The molecule has 0 amide bonds. The quantitative estimate of drug-likeness (QED) is 0.440. The molecule has 0 aliphatic rings. The molecular weight excluding hydrogens is 201 g/mol. The fourth-order valence-electron chi connectivity index (χ4n) is 0.402. The molecule has 0 spiro atoms. The SMILES string of the molecule is NCCCSC[B-](F)(F)F.[K+]. The summed E-state index contributed by atoms with van der Waals surface area (Å²) in [6.45, 7) is -4.12. The average Bonchev–Trinajstić information content (AvgIpc) is 1.78. The summed E-state index contributed by atoms with van der Waals surface area (Å²) in [6.07, 6.45) is 0.664. The Balaban J connectivity index is 0. The van der Waals surface area contributed by atoms with Crippen LogP contribution >= 0.6 is 11.8 Å². The minimum atomic E-state index is -4.59. The van der Waals surface area contributed by atoms with Crippen LogP contribution in [-0.2, 0) is 0 Å². The number of thioether (sulfide) groups is 1. The zero-order valence-corrected chi connectivity index (χ0v) is 10.5. The van der Waals surface area contributed by atoms with Crippen LogP contribution < -0.4 is 57.1 Å². The van der Waals surface area contributed by atoms with Crippen molar-refractivity contribution in [1.29, 1.82) is 0 Å². The van der Waals surface area contributed by atoms with Crippen molar-refractivity contribution >= 4 is 18.7 Å². The second kappa shape index (κ2) is 8.40. The molecule has 0 aliphatic heterocycles. The summed E-state index contributed by atoms with van der Waals surface area (Å²) in [4.78, 5) is 0. The van der Waals surface area contributed by atoms with Crippen molar-refractivity contribution < 1.29 is 64.3 Å². The van der Waals surface area contributed by atoms with Gasteiger partial charge in [-0.05, 0) is 24.4 Å². The van der Waals surface area contributed by atoms with Crippen LogP contribution in [0.25, 0.3) is 0 Å². The molecule has 0 rings (SSSR count). The number of halogens is 3. The second-order valence-corrected chi connectivity index (χ2v) is 3.08. The largest absolute Gasteiger partial charge is 1.00 e. The van der Waals surface area contributed by atoms with Gasteiger partial charge in [-0.2, -0.15) is 11.8 Å². The van der Waals surface area contributed by atoms with E-state index in [4.69, 9.17) is 5.73 Å². The van der Waals surface area contributed by atoms with Gasteiger partial charge in [0, 0.05) is 0 Å². The van der Waals surface area contributed by atoms with E-state index in [-0.39, 0.29) is 51.4 Å². The normalized spacial score (nSPS) is 10.9. The molecule has 0 unspecified atom stereocenters. The predicted octanol–water partition coefficient (Wildman–Crippen LogP) is -1.54. The number of rotatable bonds is 5. The fourth-order valence-corrected chi connectivity index (χ4v) is 1.21. The molecule has 0 atom stereocenters. The molecule has 7 heteroatoms. The van der Waals surface area contributed by atoms with Crippen LogP contribution in [0, 0.1) is 0 Å². The van der Waals surface area contributed by atoms with E-state index >= 15 is 0 Å². The maximum absolute atomic E-state index is 11.5. The Hall–Kier alpha value is 1.80. The molecule has 0 aliphatic carbocycles. The summed E-state index contributed by atoms with van der Waals surface area (Å²) in [7, 11) is 0. The van der Waals surface area contributed by atoms with Gasteiger partial charge in [0.15, 0.2) is 0 Å². The molecule has 0 fully saturated rings. The van der Waals surface area contributed by atoms with Crippen LogP contribution in [0.3, 0.4) is 0 Å². The summed E-state index contributed by atoms with van der Waals surface area (Å²) in [6, 6.07) is 0. The first kappa shape index (κ1) is 15.3. The van der Waals surface area contributed by atoms with E-state index in [1.807, 2.05) is 0 Å². The van der Waals surface area contributed by atoms with Crippen molar-refractivity contribution in [2.24, 2.45) is 5.73 Å². The number of nitrogens with two attached hydrogens (primary N) is 1. The zero-order valence-electron chi connectivity index (χ0n) is 6.53. The molecule has 0 heterocycles. The predicted molar refractivity (Wildman–Crippen MR) is 40.1 cm³/mol. The van der Waals surface area contributed by atoms with Gasteiger partial charge < -0.3 is 18.7 Å². The molecule has 2 N–H and O–H groups in total. The van der Waals surface area contributed by atoms with Crippen LogP contribution in [0.5, 0.6) is 0 Å². The topological polar surface area (TPSA) is 26.0 Å². The molecule has 11 heavy (non-hydrogen) atoms. The molecule has 0 saturated heterocycles. The van der Waals surface area contributed by atoms with Gasteiger partial charge in [0.1, 0.15) is 0 Å². The zero-order chi connectivity index (χ0) is 8.04. The molecule has 0 radical (unpaired) electrons. The van der Waals surface area contributed by atoms with Gasteiger partial charge in [0.25, 0.3) is 0 Å². The third-order valence-corrected chi connectivity index (χ3v) is 1.99. The second-order valence-electron chi connectivity index (χ2n) is 1.93. The number of hydrogen-bond donors (Lipinski definition) is 1. The van der Waals surface area contributed by atoms with Crippen molar-refractivity contribution in [1.82, 2.24) is 0 Å². The molecule has 0 bridgehead atoms. The van der Waals surface area contributed by atoms with Crippen molar-refractivity contribution in [3.63, 3.8) is 0 Å². The monoisotopic (exact) mass is 211 g/mol. The first-order chi connectivity index (χ1) is 4.56. The smallest absolute Gasteiger partial charge is 0.448 e. The van der Waals surface area contributed by atoms with E-state index in [1.54, 1.807) is 0 Å². The van der Waals surface area contributed by atoms with Crippen LogP contribution in [0.15, 0.2) is 0 Å². The molecule has 0 aromatic heterocycles. The summed E-state index contributed by atoms with van der Waals surface area (Å²) >= 11 is 0.908. The number of hydrogen-bond acceptors (Lipinski definition) is 2. The van der Waals surface area contributed by atoms with Gasteiger partial charge in [-0.1, -0.05) is 0 Å². The van der Waals surface area contributed by atoms with Gasteiger partial charge in [-0.15, -0.1) is 0 Å². The van der Waals surface area contributed by atoms with E-state index in [1.165, 1.54) is 0 Å². The summed E-state index contributed by atoms with van der Waals surface area (Å²) < 4.78 is 34.5. The standard InChI is InChI=1S/C4H10BF3NS.K/c6-5(7,8)4-10-3-1-2-9;/h1-4,9H2;/q-1;+1. The van der Waals surface area contributed by atoms with E-state index in [2.05, 4.69) is 0 Å². The maximum atomic E-state index is 11.5. The molecule has 0 saturated carbocycles. The van der Waals surface area contributed by atoms with Crippen LogP contribution in [0.4, 0.5) is 12.9 Å². The molecule has 1 nitrogen and oxygen atoms in total. The summed E-state index contributed by atoms with van der Waals surface area (Å²) in [5.41, 5.74) is 4.39. The first-order valence-corrected chi connectivity index (χ1v) is 4.20. The van der Waals surface area contributed by atoms with Crippen LogP contribution in [0.2, 0.25) is 0 Å². The molecule has 0 aromatic rings. The van der Waals surface area contributed by atoms with E-state index < -0.39 is 12.6 Å². The molecule has 0 aromatic carbocycles. The Morgan fingerprint density at radius 1 is 1.27 bits per heavy atom. The third kappa shape index (κ3) is 14.6. The minimum absolute atomic E-state index is 0. The van der Waals surface area contributed by atoms with Crippen molar-refractivity contribution in [2.45, 2.75) is 6.42 Å². The summed E-state index contributed by atoms with van der Waals surface area (Å²) in [5, 5.41) is 0. The van der Waals surface area contributed by atoms with Crippen LogP contribution in [0.1, 0.15) is 6.42 Å². The van der Waals surface area contributed by atoms with Gasteiger partial charge in [0.2, 0.25) is 0 Å². The third-order valence-electron chi connectivity index (χ3n) is 0.800. The fraction of sp³-hybridized carbons (Fsp3) is 1.00. The minimum Gasteiger partial charge on any atom is -0.448 e. The average molecular weight is 211 g/mol. The Kier molecular flexibility index (Phi) is 11.7.